The Labute approximate surface area is 144 Å². The maximum atomic E-state index is 9.76. The number of nitrogens with zero attached hydrogens (tertiary/aromatic N) is 1. The van der Waals surface area contributed by atoms with Crippen LogP contribution in [0.5, 0.6) is 0 Å². The van der Waals surface area contributed by atoms with Gasteiger partial charge in [-0.15, -0.1) is 0 Å². The van der Waals surface area contributed by atoms with Crippen LogP contribution in [0, 0.1) is 0 Å². The highest BCUT2D eigenvalue weighted by molar-refractivity contribution is 5.14. The van der Waals surface area contributed by atoms with Crippen molar-refractivity contribution in [1.29, 1.82) is 0 Å². The molecule has 0 amide bonds. The van der Waals surface area contributed by atoms with E-state index in [-0.39, 0.29) is 18.8 Å². The van der Waals surface area contributed by atoms with Crippen LogP contribution < -0.4 is 0 Å². The number of likely N-dealkylation sites (N-methyl/N-ethyl adjacent to an activating group) is 1. The predicted octanol–water partition coefficient (Wildman–Crippen LogP) is 2.71. The monoisotopic (exact) mass is 329 g/mol. The summed E-state index contributed by atoms with van der Waals surface area (Å²) in [5, 5.41) is 9.76. The Morgan fingerprint density at radius 3 is 1.67 bits per heavy atom. The molecule has 0 spiro atoms. The van der Waals surface area contributed by atoms with Gasteiger partial charge in [0.05, 0.1) is 25.9 Å². The molecule has 130 valence electrons. The zero-order chi connectivity index (χ0) is 17.2. The van der Waals surface area contributed by atoms with Crippen molar-refractivity contribution in [3.8, 4) is 0 Å². The van der Waals surface area contributed by atoms with Gasteiger partial charge in [-0.25, -0.2) is 0 Å². The maximum Gasteiger partial charge on any atom is 0.108 e. The first kappa shape index (κ1) is 18.6. The Morgan fingerprint density at radius 1 is 0.792 bits per heavy atom. The Bertz CT molecular complexity index is 560. The number of aliphatic hydroxyl groups is 1. The Kier molecular flexibility index (Phi) is 7.92. The van der Waals surface area contributed by atoms with Crippen molar-refractivity contribution in [2.75, 3.05) is 27.2 Å². The van der Waals surface area contributed by atoms with E-state index in [4.69, 9.17) is 9.47 Å². The van der Waals surface area contributed by atoms with Crippen LogP contribution in [0.1, 0.15) is 11.1 Å². The van der Waals surface area contributed by atoms with Crippen LogP contribution in [0.15, 0.2) is 60.7 Å². The molecule has 0 saturated carbocycles. The van der Waals surface area contributed by atoms with Gasteiger partial charge in [0, 0.05) is 6.54 Å². The van der Waals surface area contributed by atoms with Crippen LogP contribution in [0.25, 0.3) is 0 Å². The van der Waals surface area contributed by atoms with E-state index in [2.05, 4.69) is 0 Å². The fourth-order valence-electron chi connectivity index (χ4n) is 2.47. The minimum atomic E-state index is -0.365. The third-order valence-corrected chi connectivity index (χ3v) is 3.75. The van der Waals surface area contributed by atoms with E-state index in [1.807, 2.05) is 79.7 Å². The number of ether oxygens (including phenoxy) is 2. The van der Waals surface area contributed by atoms with Gasteiger partial charge in [0.25, 0.3) is 0 Å². The molecule has 0 fully saturated rings. The molecule has 0 aromatic heterocycles. The zero-order valence-corrected chi connectivity index (χ0v) is 14.5. The van der Waals surface area contributed by atoms with E-state index in [1.54, 1.807) is 0 Å². The van der Waals surface area contributed by atoms with Crippen molar-refractivity contribution in [3.05, 3.63) is 71.8 Å². The first-order valence-corrected chi connectivity index (χ1v) is 8.25. The molecule has 0 aliphatic rings. The number of benzene rings is 2. The van der Waals surface area contributed by atoms with Crippen molar-refractivity contribution in [2.45, 2.75) is 25.4 Å². The number of hydrogen-bond acceptors (Lipinski definition) is 4. The number of rotatable bonds is 10. The summed E-state index contributed by atoms with van der Waals surface area (Å²) < 4.78 is 12.0. The van der Waals surface area contributed by atoms with Crippen LogP contribution in [0.4, 0.5) is 0 Å². The van der Waals surface area contributed by atoms with E-state index in [1.165, 1.54) is 0 Å². The van der Waals surface area contributed by atoms with Crippen LogP contribution in [0.3, 0.4) is 0 Å². The van der Waals surface area contributed by atoms with Crippen LogP contribution >= 0.6 is 0 Å². The van der Waals surface area contributed by atoms with Gasteiger partial charge < -0.3 is 19.5 Å². The van der Waals surface area contributed by atoms with Crippen LogP contribution in [-0.2, 0) is 22.7 Å². The lowest BCUT2D eigenvalue weighted by molar-refractivity contribution is -0.109. The number of aliphatic hydroxyl groups excluding tert-OH is 1. The topological polar surface area (TPSA) is 41.9 Å². The highest BCUT2D eigenvalue weighted by Crippen LogP contribution is 2.12. The Morgan fingerprint density at radius 2 is 1.25 bits per heavy atom. The molecule has 0 unspecified atom stereocenters. The molecule has 0 saturated heterocycles. The smallest absolute Gasteiger partial charge is 0.108 e. The van der Waals surface area contributed by atoms with E-state index in [0.29, 0.717) is 19.8 Å². The Hall–Kier alpha value is -1.72. The normalized spacial score (nSPS) is 13.8. The standard InChI is InChI=1S/C20H27NO3/c1-21(2)13-19(23-15-17-9-5-3-6-10-17)20(14-22)24-16-18-11-7-4-8-12-18/h3-12,19-20,22H,13-16H2,1-2H3/t19-,20-/m0/s1. The molecule has 2 aromatic carbocycles. The molecule has 24 heavy (non-hydrogen) atoms. The van der Waals surface area contributed by atoms with Crippen molar-refractivity contribution in [2.24, 2.45) is 0 Å². The molecule has 2 rings (SSSR count). The van der Waals surface area contributed by atoms with Gasteiger partial charge in [-0.3, -0.25) is 0 Å². The first-order chi connectivity index (χ1) is 11.7. The van der Waals surface area contributed by atoms with Crippen LogP contribution in [-0.4, -0.2) is 49.5 Å². The van der Waals surface area contributed by atoms with Gasteiger partial charge in [0.2, 0.25) is 0 Å². The largest absolute Gasteiger partial charge is 0.394 e. The fraction of sp³-hybridized carbons (Fsp3) is 0.400. The molecule has 4 nitrogen and oxygen atoms in total. The summed E-state index contributed by atoms with van der Waals surface area (Å²) in [6, 6.07) is 20.0. The molecule has 1 N–H and O–H groups in total. The summed E-state index contributed by atoms with van der Waals surface area (Å²) in [5.41, 5.74) is 2.20. The second-order valence-electron chi connectivity index (χ2n) is 6.11. The average molecular weight is 329 g/mol. The Balaban J connectivity index is 1.95. The van der Waals surface area contributed by atoms with E-state index in [9.17, 15) is 5.11 Å². The molecule has 0 aliphatic carbocycles. The summed E-state index contributed by atoms with van der Waals surface area (Å²) in [5.74, 6) is 0. The highest BCUT2D eigenvalue weighted by atomic mass is 16.5. The molecular formula is C20H27NO3. The minimum Gasteiger partial charge on any atom is -0.394 e. The van der Waals surface area contributed by atoms with E-state index < -0.39 is 0 Å². The van der Waals surface area contributed by atoms with Crippen molar-refractivity contribution < 1.29 is 14.6 Å². The molecule has 0 heterocycles. The van der Waals surface area contributed by atoms with Gasteiger partial charge in [0.1, 0.15) is 6.10 Å². The lowest BCUT2D eigenvalue weighted by atomic mass is 10.2. The fourth-order valence-corrected chi connectivity index (χ4v) is 2.47. The first-order valence-electron chi connectivity index (χ1n) is 8.25. The minimum absolute atomic E-state index is 0.0693. The lowest BCUT2D eigenvalue weighted by Gasteiger charge is -2.28. The zero-order valence-electron chi connectivity index (χ0n) is 14.5. The van der Waals surface area contributed by atoms with E-state index in [0.717, 1.165) is 11.1 Å². The van der Waals surface area contributed by atoms with Gasteiger partial charge >= 0.3 is 0 Å². The van der Waals surface area contributed by atoms with Crippen LogP contribution in [0.2, 0.25) is 0 Å². The SMILES string of the molecule is CN(C)C[C@H](OCc1ccccc1)[C@H](CO)OCc1ccccc1. The summed E-state index contributed by atoms with van der Waals surface area (Å²) >= 11 is 0. The third-order valence-electron chi connectivity index (χ3n) is 3.75. The van der Waals surface area contributed by atoms with E-state index >= 15 is 0 Å². The summed E-state index contributed by atoms with van der Waals surface area (Å²) in [7, 11) is 3.98. The predicted molar refractivity (Wildman–Crippen MR) is 95.7 cm³/mol. The average Bonchev–Trinajstić information content (AvgIpc) is 2.61. The highest BCUT2D eigenvalue weighted by Gasteiger charge is 2.23. The van der Waals surface area contributed by atoms with Gasteiger partial charge in [-0.2, -0.15) is 0 Å². The summed E-state index contributed by atoms with van der Waals surface area (Å²) in [6.45, 7) is 1.59. The van der Waals surface area contributed by atoms with Crippen molar-refractivity contribution in [1.82, 2.24) is 4.90 Å². The van der Waals surface area contributed by atoms with Crippen molar-refractivity contribution >= 4 is 0 Å². The molecule has 0 radical (unpaired) electrons. The second-order valence-corrected chi connectivity index (χ2v) is 6.11. The molecule has 0 bridgehead atoms. The van der Waals surface area contributed by atoms with Gasteiger partial charge in [-0.05, 0) is 25.2 Å². The maximum absolute atomic E-state index is 9.76. The second kappa shape index (κ2) is 10.2. The molecular weight excluding hydrogens is 302 g/mol. The molecule has 2 atom stereocenters. The van der Waals surface area contributed by atoms with Gasteiger partial charge in [0.15, 0.2) is 0 Å². The number of hydrogen-bond donors (Lipinski definition) is 1. The lowest BCUT2D eigenvalue weighted by Crippen LogP contribution is -2.41. The summed E-state index contributed by atoms with van der Waals surface area (Å²) in [6.07, 6.45) is -0.565. The summed E-state index contributed by atoms with van der Waals surface area (Å²) in [4.78, 5) is 2.05. The third kappa shape index (κ3) is 6.42. The molecule has 2 aromatic rings. The molecule has 0 aliphatic heterocycles. The molecule has 4 heteroatoms. The van der Waals surface area contributed by atoms with Gasteiger partial charge in [-0.1, -0.05) is 60.7 Å². The van der Waals surface area contributed by atoms with Crippen molar-refractivity contribution in [3.63, 3.8) is 0 Å². The quantitative estimate of drug-likeness (QED) is 0.728.